The maximum atomic E-state index is 8.41. The number of hydrogen-bond donors (Lipinski definition) is 2. The van der Waals surface area contributed by atoms with Crippen molar-refractivity contribution in [2.75, 3.05) is 23.7 Å². The van der Waals surface area contributed by atoms with Gasteiger partial charge >= 0.3 is 0 Å². The van der Waals surface area contributed by atoms with E-state index in [0.717, 1.165) is 18.2 Å². The van der Waals surface area contributed by atoms with Gasteiger partial charge in [-0.1, -0.05) is 13.8 Å². The number of anilines is 2. The zero-order chi connectivity index (χ0) is 11.8. The second kappa shape index (κ2) is 6.62. The summed E-state index contributed by atoms with van der Waals surface area (Å²) in [6, 6.07) is 3.92. The molecule has 0 unspecified atom stereocenters. The van der Waals surface area contributed by atoms with E-state index in [9.17, 15) is 0 Å². The van der Waals surface area contributed by atoms with Crippen LogP contribution in [0.2, 0.25) is 0 Å². The molecule has 0 bridgehead atoms. The molecule has 0 aliphatic rings. The Balaban J connectivity index is 2.47. The maximum Gasteiger partial charge on any atom is 0.131 e. The van der Waals surface area contributed by atoms with E-state index in [4.69, 9.17) is 5.26 Å². The van der Waals surface area contributed by atoms with Gasteiger partial charge in [0.15, 0.2) is 0 Å². The zero-order valence-electron chi connectivity index (χ0n) is 9.70. The fourth-order valence-electron chi connectivity index (χ4n) is 1.11. The lowest BCUT2D eigenvalue weighted by molar-refractivity contribution is 0.687. The Kier molecular flexibility index (Phi) is 5.06. The summed E-state index contributed by atoms with van der Waals surface area (Å²) in [6.07, 6.45) is 1.98. The highest BCUT2D eigenvalue weighted by Crippen LogP contribution is 2.08. The summed E-state index contributed by atoms with van der Waals surface area (Å²) in [5, 5.41) is 14.7. The van der Waals surface area contributed by atoms with Crippen LogP contribution in [0.4, 0.5) is 11.6 Å². The second-order valence-electron chi connectivity index (χ2n) is 3.90. The van der Waals surface area contributed by atoms with E-state index in [1.807, 2.05) is 6.07 Å². The van der Waals surface area contributed by atoms with Gasteiger partial charge in [-0.3, -0.25) is 0 Å². The van der Waals surface area contributed by atoms with Gasteiger partial charge in [0.25, 0.3) is 0 Å². The van der Waals surface area contributed by atoms with Crippen molar-refractivity contribution >= 4 is 11.6 Å². The van der Waals surface area contributed by atoms with Gasteiger partial charge in [0.1, 0.15) is 18.0 Å². The van der Waals surface area contributed by atoms with Crippen LogP contribution in [0, 0.1) is 17.2 Å². The molecule has 0 amide bonds. The summed E-state index contributed by atoms with van der Waals surface area (Å²) in [5.74, 6) is 2.13. The third-order valence-corrected chi connectivity index (χ3v) is 1.90. The Morgan fingerprint density at radius 1 is 1.31 bits per heavy atom. The average molecular weight is 219 g/mol. The Morgan fingerprint density at radius 3 is 2.62 bits per heavy atom. The summed E-state index contributed by atoms with van der Waals surface area (Å²) < 4.78 is 0. The van der Waals surface area contributed by atoms with E-state index in [1.54, 1.807) is 0 Å². The fraction of sp³-hybridized carbons (Fsp3) is 0.545. The van der Waals surface area contributed by atoms with Crippen molar-refractivity contribution in [2.24, 2.45) is 5.92 Å². The highest BCUT2D eigenvalue weighted by Gasteiger charge is 1.99. The van der Waals surface area contributed by atoms with E-state index < -0.39 is 0 Å². The number of nitrogens with one attached hydrogen (secondary N) is 2. The zero-order valence-corrected chi connectivity index (χ0v) is 9.70. The van der Waals surface area contributed by atoms with Crippen LogP contribution in [0.3, 0.4) is 0 Å². The molecule has 1 aromatic heterocycles. The molecule has 1 rings (SSSR count). The van der Waals surface area contributed by atoms with Crippen LogP contribution < -0.4 is 10.6 Å². The van der Waals surface area contributed by atoms with Crippen LogP contribution in [0.5, 0.6) is 0 Å². The normalized spacial score (nSPS) is 9.88. The first-order valence-electron chi connectivity index (χ1n) is 5.39. The number of nitrogens with zero attached hydrogens (tertiary/aromatic N) is 3. The minimum atomic E-state index is 0.471. The standard InChI is InChI=1S/C11H17N5/c1-9(2)7-14-11-6-10(15-8-16-11)13-5-3-4-12/h6,8-9H,3,5,7H2,1-2H3,(H2,13,14,15,16). The number of hydrogen-bond acceptors (Lipinski definition) is 5. The van der Waals surface area contributed by atoms with Crippen molar-refractivity contribution in [3.63, 3.8) is 0 Å². The van der Waals surface area contributed by atoms with Gasteiger partial charge in [-0.05, 0) is 5.92 Å². The van der Waals surface area contributed by atoms with Gasteiger partial charge in [-0.25, -0.2) is 9.97 Å². The van der Waals surface area contributed by atoms with Gasteiger partial charge in [0.2, 0.25) is 0 Å². The molecular weight excluding hydrogens is 202 g/mol. The van der Waals surface area contributed by atoms with Gasteiger partial charge in [-0.15, -0.1) is 0 Å². The molecule has 0 radical (unpaired) electrons. The van der Waals surface area contributed by atoms with Crippen LogP contribution in [0.15, 0.2) is 12.4 Å². The van der Waals surface area contributed by atoms with E-state index in [0.29, 0.717) is 18.9 Å². The van der Waals surface area contributed by atoms with Crippen molar-refractivity contribution in [3.8, 4) is 6.07 Å². The molecular formula is C11H17N5. The minimum Gasteiger partial charge on any atom is -0.370 e. The molecule has 0 aromatic carbocycles. The number of rotatable bonds is 6. The van der Waals surface area contributed by atoms with E-state index in [1.165, 1.54) is 6.33 Å². The third-order valence-electron chi connectivity index (χ3n) is 1.90. The Morgan fingerprint density at radius 2 is 2.00 bits per heavy atom. The molecule has 86 valence electrons. The second-order valence-corrected chi connectivity index (χ2v) is 3.90. The monoisotopic (exact) mass is 219 g/mol. The molecule has 0 atom stereocenters. The van der Waals surface area contributed by atoms with Gasteiger partial charge in [0, 0.05) is 19.2 Å². The smallest absolute Gasteiger partial charge is 0.131 e. The minimum absolute atomic E-state index is 0.471. The summed E-state index contributed by atoms with van der Waals surface area (Å²) in [4.78, 5) is 8.18. The lowest BCUT2D eigenvalue weighted by atomic mass is 10.2. The van der Waals surface area contributed by atoms with E-state index in [2.05, 4.69) is 40.5 Å². The summed E-state index contributed by atoms with van der Waals surface area (Å²) in [7, 11) is 0. The molecule has 0 aliphatic heterocycles. The molecule has 0 spiro atoms. The Bertz CT molecular complexity index is 356. The van der Waals surface area contributed by atoms with Gasteiger partial charge in [0.05, 0.1) is 12.5 Å². The summed E-state index contributed by atoms with van der Waals surface area (Å²) in [5.41, 5.74) is 0. The van der Waals surface area contributed by atoms with Crippen molar-refractivity contribution in [3.05, 3.63) is 12.4 Å². The quantitative estimate of drug-likeness (QED) is 0.714. The Hall–Kier alpha value is -1.83. The molecule has 5 nitrogen and oxygen atoms in total. The molecule has 5 heteroatoms. The van der Waals surface area contributed by atoms with Crippen LogP contribution in [-0.4, -0.2) is 23.1 Å². The maximum absolute atomic E-state index is 8.41. The highest BCUT2D eigenvalue weighted by atomic mass is 15.1. The van der Waals surface area contributed by atoms with Crippen LogP contribution in [0.1, 0.15) is 20.3 Å². The molecule has 0 saturated heterocycles. The SMILES string of the molecule is CC(C)CNc1cc(NCCC#N)ncn1. The van der Waals surface area contributed by atoms with E-state index >= 15 is 0 Å². The van der Waals surface area contributed by atoms with Crippen LogP contribution in [-0.2, 0) is 0 Å². The van der Waals surface area contributed by atoms with Crippen molar-refractivity contribution in [2.45, 2.75) is 20.3 Å². The largest absolute Gasteiger partial charge is 0.370 e. The number of aromatic nitrogens is 2. The number of nitriles is 1. The summed E-state index contributed by atoms with van der Waals surface area (Å²) >= 11 is 0. The van der Waals surface area contributed by atoms with Crippen molar-refractivity contribution < 1.29 is 0 Å². The molecule has 1 heterocycles. The lowest BCUT2D eigenvalue weighted by Gasteiger charge is -2.09. The first kappa shape index (κ1) is 12.2. The predicted molar refractivity (Wildman–Crippen MR) is 64.1 cm³/mol. The molecule has 2 N–H and O–H groups in total. The van der Waals surface area contributed by atoms with Crippen LogP contribution in [0.25, 0.3) is 0 Å². The fourth-order valence-corrected chi connectivity index (χ4v) is 1.11. The molecule has 0 aliphatic carbocycles. The molecule has 16 heavy (non-hydrogen) atoms. The highest BCUT2D eigenvalue weighted by molar-refractivity contribution is 5.46. The van der Waals surface area contributed by atoms with Crippen molar-refractivity contribution in [1.82, 2.24) is 9.97 Å². The predicted octanol–water partition coefficient (Wildman–Crippen LogP) is 1.87. The topological polar surface area (TPSA) is 73.6 Å². The summed E-state index contributed by atoms with van der Waals surface area (Å²) in [6.45, 7) is 5.77. The third kappa shape index (κ3) is 4.60. The molecule has 0 saturated carbocycles. The lowest BCUT2D eigenvalue weighted by Crippen LogP contribution is -2.10. The average Bonchev–Trinajstić information content (AvgIpc) is 2.27. The van der Waals surface area contributed by atoms with Crippen LogP contribution >= 0.6 is 0 Å². The molecule has 0 fully saturated rings. The first-order valence-corrected chi connectivity index (χ1v) is 5.39. The van der Waals surface area contributed by atoms with Gasteiger partial charge in [-0.2, -0.15) is 5.26 Å². The molecule has 1 aromatic rings. The van der Waals surface area contributed by atoms with E-state index in [-0.39, 0.29) is 0 Å². The first-order chi connectivity index (χ1) is 7.72. The Labute approximate surface area is 95.9 Å². The van der Waals surface area contributed by atoms with Gasteiger partial charge < -0.3 is 10.6 Å². The van der Waals surface area contributed by atoms with Crippen molar-refractivity contribution in [1.29, 1.82) is 5.26 Å².